The van der Waals surface area contributed by atoms with Gasteiger partial charge in [-0.05, 0) is 47.3 Å². The molecule has 0 radical (unpaired) electrons. The molecule has 0 aromatic heterocycles. The fourth-order valence-corrected chi connectivity index (χ4v) is 5.47. The molecule has 0 bridgehead atoms. The summed E-state index contributed by atoms with van der Waals surface area (Å²) in [5, 5.41) is 4.23. The zero-order chi connectivity index (χ0) is 25.2. The van der Waals surface area contributed by atoms with Crippen LogP contribution in [0.2, 0.25) is 10.0 Å². The quantitative estimate of drug-likeness (QED) is 0.314. The number of carbonyl (C=O) groups is 2. The lowest BCUT2D eigenvalue weighted by Gasteiger charge is -2.14. The van der Waals surface area contributed by atoms with E-state index in [2.05, 4.69) is 10.0 Å². The van der Waals surface area contributed by atoms with E-state index in [1.165, 1.54) is 18.2 Å². The van der Waals surface area contributed by atoms with Crippen molar-refractivity contribution in [1.82, 2.24) is 5.32 Å². The van der Waals surface area contributed by atoms with Crippen molar-refractivity contribution in [2.24, 2.45) is 5.73 Å². The van der Waals surface area contributed by atoms with Gasteiger partial charge in [0.05, 0.1) is 10.6 Å². The molecule has 4 rings (SSSR count). The van der Waals surface area contributed by atoms with Crippen molar-refractivity contribution in [2.45, 2.75) is 11.4 Å². The molecule has 0 aliphatic carbocycles. The van der Waals surface area contributed by atoms with Gasteiger partial charge in [-0.15, -0.1) is 0 Å². The van der Waals surface area contributed by atoms with Crippen LogP contribution in [-0.2, 0) is 16.6 Å². The number of nitrogens with one attached hydrogen (secondary N) is 2. The third kappa shape index (κ3) is 5.40. The molecule has 0 aliphatic heterocycles. The van der Waals surface area contributed by atoms with Crippen molar-refractivity contribution >= 4 is 61.5 Å². The van der Waals surface area contributed by atoms with Crippen LogP contribution in [0.1, 0.15) is 26.3 Å². The minimum Gasteiger partial charge on any atom is -0.366 e. The third-order valence-electron chi connectivity index (χ3n) is 5.28. The van der Waals surface area contributed by atoms with Crippen LogP contribution in [0, 0.1) is 0 Å². The van der Waals surface area contributed by atoms with Crippen LogP contribution < -0.4 is 15.8 Å². The average molecular weight is 528 g/mol. The van der Waals surface area contributed by atoms with Gasteiger partial charge in [-0.25, -0.2) is 8.42 Å². The van der Waals surface area contributed by atoms with E-state index in [9.17, 15) is 18.0 Å². The van der Waals surface area contributed by atoms with E-state index < -0.39 is 21.8 Å². The van der Waals surface area contributed by atoms with Gasteiger partial charge in [0.1, 0.15) is 0 Å². The summed E-state index contributed by atoms with van der Waals surface area (Å²) in [6.45, 7) is 0.0934. The SMILES string of the molecule is NC(=O)c1ccccc1CNC(=O)c1cccc2c(NS(=O)(=O)c3cc(Cl)cc(Cl)c3)cccc12. The van der Waals surface area contributed by atoms with Crippen molar-refractivity contribution in [3.63, 3.8) is 0 Å². The molecule has 0 spiro atoms. The van der Waals surface area contributed by atoms with Crippen molar-refractivity contribution in [3.05, 3.63) is 106 Å². The van der Waals surface area contributed by atoms with Gasteiger partial charge in [-0.1, -0.05) is 65.7 Å². The zero-order valence-electron chi connectivity index (χ0n) is 18.1. The van der Waals surface area contributed by atoms with Gasteiger partial charge in [0.2, 0.25) is 5.91 Å². The van der Waals surface area contributed by atoms with E-state index in [1.54, 1.807) is 60.7 Å². The first-order valence-electron chi connectivity index (χ1n) is 10.3. The maximum absolute atomic E-state index is 13.0. The topological polar surface area (TPSA) is 118 Å². The zero-order valence-corrected chi connectivity index (χ0v) is 20.4. The lowest BCUT2D eigenvalue weighted by atomic mass is 10.0. The van der Waals surface area contributed by atoms with Gasteiger partial charge in [-0.2, -0.15) is 0 Å². The fraction of sp³-hybridized carbons (Fsp3) is 0.0400. The van der Waals surface area contributed by atoms with Crippen molar-refractivity contribution < 1.29 is 18.0 Å². The van der Waals surface area contributed by atoms with Crippen molar-refractivity contribution in [3.8, 4) is 0 Å². The van der Waals surface area contributed by atoms with E-state index in [1.807, 2.05) is 0 Å². The molecule has 0 fully saturated rings. The second-order valence-electron chi connectivity index (χ2n) is 7.62. The van der Waals surface area contributed by atoms with Crippen LogP contribution in [0.4, 0.5) is 5.69 Å². The number of anilines is 1. The summed E-state index contributed by atoms with van der Waals surface area (Å²) < 4.78 is 28.5. The first kappa shape index (κ1) is 24.5. The number of primary amides is 1. The third-order valence-corrected chi connectivity index (χ3v) is 7.06. The summed E-state index contributed by atoms with van der Waals surface area (Å²) in [4.78, 5) is 24.6. The summed E-state index contributed by atoms with van der Waals surface area (Å²) >= 11 is 11.9. The molecule has 4 aromatic carbocycles. The van der Waals surface area contributed by atoms with Crippen LogP contribution in [0.5, 0.6) is 0 Å². The number of sulfonamides is 1. The molecule has 35 heavy (non-hydrogen) atoms. The van der Waals surface area contributed by atoms with Crippen LogP contribution in [0.25, 0.3) is 10.8 Å². The number of fused-ring (bicyclic) bond motifs is 1. The van der Waals surface area contributed by atoms with Crippen molar-refractivity contribution in [2.75, 3.05) is 4.72 Å². The van der Waals surface area contributed by atoms with Crippen LogP contribution >= 0.6 is 23.2 Å². The van der Waals surface area contributed by atoms with Crippen LogP contribution in [0.15, 0.2) is 83.8 Å². The Kier molecular flexibility index (Phi) is 6.98. The van der Waals surface area contributed by atoms with Crippen LogP contribution in [0.3, 0.4) is 0 Å². The highest BCUT2D eigenvalue weighted by Crippen LogP contribution is 2.30. The van der Waals surface area contributed by atoms with E-state index in [4.69, 9.17) is 28.9 Å². The molecule has 2 amide bonds. The first-order valence-corrected chi connectivity index (χ1v) is 12.6. The number of hydrogen-bond acceptors (Lipinski definition) is 4. The first-order chi connectivity index (χ1) is 16.7. The molecular weight excluding hydrogens is 509 g/mol. The van der Waals surface area contributed by atoms with E-state index in [0.29, 0.717) is 27.5 Å². The van der Waals surface area contributed by atoms with Crippen LogP contribution in [-0.4, -0.2) is 20.2 Å². The smallest absolute Gasteiger partial charge is 0.262 e. The summed E-state index contributed by atoms with van der Waals surface area (Å²) in [5.41, 5.74) is 6.94. The molecule has 0 heterocycles. The van der Waals surface area contributed by atoms with Gasteiger partial charge in [-0.3, -0.25) is 14.3 Å². The minimum absolute atomic E-state index is 0.0889. The monoisotopic (exact) mass is 527 g/mol. The lowest BCUT2D eigenvalue weighted by molar-refractivity contribution is 0.0947. The molecule has 4 N–H and O–H groups in total. The van der Waals surface area contributed by atoms with E-state index >= 15 is 0 Å². The number of benzene rings is 4. The molecule has 10 heteroatoms. The Labute approximate surface area is 211 Å². The van der Waals surface area contributed by atoms with Gasteiger partial charge >= 0.3 is 0 Å². The maximum Gasteiger partial charge on any atom is 0.262 e. The van der Waals surface area contributed by atoms with Gasteiger partial charge in [0.25, 0.3) is 15.9 Å². The number of carbonyl (C=O) groups excluding carboxylic acids is 2. The van der Waals surface area contributed by atoms with E-state index in [0.717, 1.165) is 0 Å². The second-order valence-corrected chi connectivity index (χ2v) is 10.2. The average Bonchev–Trinajstić information content (AvgIpc) is 2.81. The number of rotatable bonds is 7. The number of nitrogens with two attached hydrogens (primary N) is 1. The Morgan fingerprint density at radius 1 is 0.800 bits per heavy atom. The molecule has 178 valence electrons. The summed E-state index contributed by atoms with van der Waals surface area (Å²) in [7, 11) is -4.01. The largest absolute Gasteiger partial charge is 0.366 e. The van der Waals surface area contributed by atoms with Gasteiger partial charge in [0.15, 0.2) is 0 Å². The maximum atomic E-state index is 13.0. The number of hydrogen-bond donors (Lipinski definition) is 3. The molecule has 4 aromatic rings. The second kappa shape index (κ2) is 9.95. The highest BCUT2D eigenvalue weighted by Gasteiger charge is 2.19. The summed E-state index contributed by atoms with van der Waals surface area (Å²) in [5.74, 6) is -0.977. The Balaban J connectivity index is 1.64. The normalized spacial score (nSPS) is 11.3. The highest BCUT2D eigenvalue weighted by atomic mass is 35.5. The molecule has 7 nitrogen and oxygen atoms in total. The molecule has 0 saturated carbocycles. The summed E-state index contributed by atoms with van der Waals surface area (Å²) in [6, 6.07) is 20.7. The van der Waals surface area contributed by atoms with Crippen molar-refractivity contribution in [1.29, 1.82) is 0 Å². The molecule has 0 aliphatic rings. The Hall–Kier alpha value is -3.59. The van der Waals surface area contributed by atoms with E-state index in [-0.39, 0.29) is 27.2 Å². The molecular formula is C25H19Cl2N3O4S. The standard InChI is InChI=1S/C25H19Cl2N3O4S/c26-16-11-17(27)13-18(12-16)35(33,34)30-23-10-4-7-20-21(23)8-3-9-22(20)25(32)29-14-15-5-1-2-6-19(15)24(28)31/h1-13,30H,14H2,(H2,28,31)(H,29,32). The Morgan fingerprint density at radius 2 is 1.43 bits per heavy atom. The molecule has 0 saturated heterocycles. The Morgan fingerprint density at radius 3 is 2.14 bits per heavy atom. The fourth-order valence-electron chi connectivity index (χ4n) is 3.67. The number of amides is 2. The number of halogens is 2. The predicted molar refractivity (Wildman–Crippen MR) is 137 cm³/mol. The highest BCUT2D eigenvalue weighted by molar-refractivity contribution is 7.92. The van der Waals surface area contributed by atoms with Gasteiger partial charge in [0, 0.05) is 33.1 Å². The van der Waals surface area contributed by atoms with Gasteiger partial charge < -0.3 is 11.1 Å². The molecule has 0 unspecified atom stereocenters. The minimum atomic E-state index is -4.01. The summed E-state index contributed by atoms with van der Waals surface area (Å²) in [6.07, 6.45) is 0. The lowest BCUT2D eigenvalue weighted by Crippen LogP contribution is -2.25. The Bertz CT molecular complexity index is 1550. The predicted octanol–water partition coefficient (Wildman–Crippen LogP) is 4.98. The molecule has 0 atom stereocenters.